The van der Waals surface area contributed by atoms with E-state index in [9.17, 15) is 9.59 Å². The van der Waals surface area contributed by atoms with E-state index in [4.69, 9.17) is 4.74 Å². The Bertz CT molecular complexity index is 904. The second kappa shape index (κ2) is 9.38. The van der Waals surface area contributed by atoms with Crippen LogP contribution in [0, 0.1) is 0 Å². The molecule has 5 nitrogen and oxygen atoms in total. The van der Waals surface area contributed by atoms with Crippen LogP contribution in [-0.2, 0) is 16.1 Å². The van der Waals surface area contributed by atoms with Gasteiger partial charge in [-0.2, -0.15) is 0 Å². The maximum atomic E-state index is 12.2. The zero-order valence-corrected chi connectivity index (χ0v) is 15.0. The van der Waals surface area contributed by atoms with E-state index in [0.717, 1.165) is 22.0 Å². The SMILES string of the molecule is O=C(CCCNC(=O)OCc1ccccc1)Nc1cccc2ccccc12. The summed E-state index contributed by atoms with van der Waals surface area (Å²) in [5.74, 6) is -0.0780. The number of carbonyl (C=O) groups excluding carboxylic acids is 2. The van der Waals surface area contributed by atoms with Crippen molar-refractivity contribution in [3.8, 4) is 0 Å². The Kier molecular flexibility index (Phi) is 6.41. The van der Waals surface area contributed by atoms with Gasteiger partial charge in [0.05, 0.1) is 0 Å². The number of anilines is 1. The van der Waals surface area contributed by atoms with Crippen LogP contribution >= 0.6 is 0 Å². The predicted octanol–water partition coefficient (Wildman–Crippen LogP) is 4.48. The molecular weight excluding hydrogens is 340 g/mol. The lowest BCUT2D eigenvalue weighted by molar-refractivity contribution is -0.116. The highest BCUT2D eigenvalue weighted by molar-refractivity contribution is 6.02. The van der Waals surface area contributed by atoms with Gasteiger partial charge in [-0.15, -0.1) is 0 Å². The lowest BCUT2D eigenvalue weighted by Gasteiger charge is -2.09. The summed E-state index contributed by atoms with van der Waals surface area (Å²) in [6.45, 7) is 0.616. The van der Waals surface area contributed by atoms with Crippen molar-refractivity contribution >= 4 is 28.5 Å². The van der Waals surface area contributed by atoms with Crippen molar-refractivity contribution < 1.29 is 14.3 Å². The van der Waals surface area contributed by atoms with E-state index < -0.39 is 6.09 Å². The minimum atomic E-state index is -0.478. The quantitative estimate of drug-likeness (QED) is 0.609. The van der Waals surface area contributed by atoms with Crippen molar-refractivity contribution in [2.75, 3.05) is 11.9 Å². The highest BCUT2D eigenvalue weighted by atomic mass is 16.5. The average molecular weight is 362 g/mol. The Labute approximate surface area is 158 Å². The van der Waals surface area contributed by atoms with Gasteiger partial charge < -0.3 is 15.4 Å². The Balaban J connectivity index is 1.37. The number of fused-ring (bicyclic) bond motifs is 1. The van der Waals surface area contributed by atoms with E-state index >= 15 is 0 Å². The predicted molar refractivity (Wildman–Crippen MR) is 106 cm³/mol. The Morgan fingerprint density at radius 2 is 1.59 bits per heavy atom. The number of amides is 2. The third kappa shape index (κ3) is 5.57. The van der Waals surface area contributed by atoms with Gasteiger partial charge in [-0.3, -0.25) is 4.79 Å². The fourth-order valence-corrected chi connectivity index (χ4v) is 2.76. The first-order valence-electron chi connectivity index (χ1n) is 8.94. The van der Waals surface area contributed by atoms with E-state index in [-0.39, 0.29) is 12.5 Å². The number of ether oxygens (including phenoxy) is 1. The molecule has 3 aromatic carbocycles. The molecule has 0 bridgehead atoms. The maximum Gasteiger partial charge on any atom is 0.407 e. The molecule has 0 aromatic heterocycles. The average Bonchev–Trinajstić information content (AvgIpc) is 2.71. The van der Waals surface area contributed by atoms with Crippen LogP contribution in [0.15, 0.2) is 72.8 Å². The molecule has 5 heteroatoms. The summed E-state index contributed by atoms with van der Waals surface area (Å²) in [5.41, 5.74) is 1.73. The molecule has 0 heterocycles. The van der Waals surface area contributed by atoms with Crippen LogP contribution in [-0.4, -0.2) is 18.5 Å². The van der Waals surface area contributed by atoms with Gasteiger partial charge in [-0.25, -0.2) is 4.79 Å². The maximum absolute atomic E-state index is 12.2. The number of hydrogen-bond acceptors (Lipinski definition) is 3. The summed E-state index contributed by atoms with van der Waals surface area (Å²) in [7, 11) is 0. The fraction of sp³-hybridized carbons (Fsp3) is 0.182. The summed E-state index contributed by atoms with van der Waals surface area (Å²) in [6.07, 6.45) is 0.382. The first-order chi connectivity index (χ1) is 13.2. The first kappa shape index (κ1) is 18.5. The Hall–Kier alpha value is -3.34. The smallest absolute Gasteiger partial charge is 0.407 e. The van der Waals surface area contributed by atoms with Crippen molar-refractivity contribution in [1.82, 2.24) is 5.32 Å². The van der Waals surface area contributed by atoms with Crippen LogP contribution < -0.4 is 10.6 Å². The first-order valence-corrected chi connectivity index (χ1v) is 8.94. The second-order valence-corrected chi connectivity index (χ2v) is 6.17. The minimum Gasteiger partial charge on any atom is -0.445 e. The number of alkyl carbamates (subject to hydrolysis) is 1. The van der Waals surface area contributed by atoms with Crippen molar-refractivity contribution in [3.05, 3.63) is 78.4 Å². The van der Waals surface area contributed by atoms with E-state index in [1.807, 2.05) is 72.8 Å². The highest BCUT2D eigenvalue weighted by Crippen LogP contribution is 2.23. The highest BCUT2D eigenvalue weighted by Gasteiger charge is 2.07. The normalized spacial score (nSPS) is 10.4. The molecular formula is C22H22N2O3. The van der Waals surface area contributed by atoms with Crippen molar-refractivity contribution in [3.63, 3.8) is 0 Å². The third-order valence-corrected chi connectivity index (χ3v) is 4.13. The zero-order chi connectivity index (χ0) is 18.9. The molecule has 0 aliphatic carbocycles. The van der Waals surface area contributed by atoms with Gasteiger partial charge in [-0.1, -0.05) is 66.7 Å². The summed E-state index contributed by atoms with van der Waals surface area (Å²) >= 11 is 0. The van der Waals surface area contributed by atoms with Gasteiger partial charge in [-0.05, 0) is 23.4 Å². The molecule has 0 saturated carbocycles. The van der Waals surface area contributed by atoms with E-state index in [1.54, 1.807) is 0 Å². The lowest BCUT2D eigenvalue weighted by Crippen LogP contribution is -2.26. The fourth-order valence-electron chi connectivity index (χ4n) is 2.76. The molecule has 3 rings (SSSR count). The van der Waals surface area contributed by atoms with Crippen LogP contribution in [0.5, 0.6) is 0 Å². The van der Waals surface area contributed by atoms with Crippen LogP contribution in [0.1, 0.15) is 18.4 Å². The molecule has 0 aliphatic rings. The number of carbonyl (C=O) groups is 2. The summed E-state index contributed by atoms with van der Waals surface area (Å²) < 4.78 is 5.13. The van der Waals surface area contributed by atoms with Gasteiger partial charge in [0.1, 0.15) is 6.61 Å². The number of rotatable bonds is 7. The van der Waals surface area contributed by atoms with Crippen LogP contribution in [0.4, 0.5) is 10.5 Å². The minimum absolute atomic E-state index is 0.0780. The molecule has 2 N–H and O–H groups in total. The standard InChI is InChI=1S/C22H22N2O3/c25-21(24-20-13-6-11-18-10-4-5-12-19(18)20)14-7-15-23-22(26)27-16-17-8-2-1-3-9-17/h1-6,8-13H,7,14-16H2,(H,23,26)(H,24,25). The molecule has 0 spiro atoms. The summed E-state index contributed by atoms with van der Waals surface area (Å²) in [4.78, 5) is 23.8. The van der Waals surface area contributed by atoms with E-state index in [0.29, 0.717) is 19.4 Å². The Morgan fingerprint density at radius 3 is 2.44 bits per heavy atom. The second-order valence-electron chi connectivity index (χ2n) is 6.17. The van der Waals surface area contributed by atoms with Crippen LogP contribution in [0.25, 0.3) is 10.8 Å². The Morgan fingerprint density at radius 1 is 0.852 bits per heavy atom. The van der Waals surface area contributed by atoms with Gasteiger partial charge in [0, 0.05) is 24.0 Å². The van der Waals surface area contributed by atoms with Crippen molar-refractivity contribution in [2.24, 2.45) is 0 Å². The number of benzene rings is 3. The van der Waals surface area contributed by atoms with Crippen molar-refractivity contribution in [2.45, 2.75) is 19.4 Å². The molecule has 0 atom stereocenters. The summed E-state index contributed by atoms with van der Waals surface area (Å²) in [6, 6.07) is 23.2. The van der Waals surface area contributed by atoms with E-state index in [2.05, 4.69) is 10.6 Å². The molecule has 3 aromatic rings. The van der Waals surface area contributed by atoms with Gasteiger partial charge in [0.25, 0.3) is 0 Å². The molecule has 0 fully saturated rings. The number of hydrogen-bond donors (Lipinski definition) is 2. The molecule has 27 heavy (non-hydrogen) atoms. The van der Waals surface area contributed by atoms with Crippen molar-refractivity contribution in [1.29, 1.82) is 0 Å². The van der Waals surface area contributed by atoms with E-state index in [1.165, 1.54) is 0 Å². The van der Waals surface area contributed by atoms with Gasteiger partial charge >= 0.3 is 6.09 Å². The number of nitrogens with one attached hydrogen (secondary N) is 2. The zero-order valence-electron chi connectivity index (χ0n) is 15.0. The monoisotopic (exact) mass is 362 g/mol. The van der Waals surface area contributed by atoms with Crippen LogP contribution in [0.3, 0.4) is 0 Å². The molecule has 2 amide bonds. The van der Waals surface area contributed by atoms with Gasteiger partial charge in [0.15, 0.2) is 0 Å². The van der Waals surface area contributed by atoms with Crippen LogP contribution in [0.2, 0.25) is 0 Å². The molecule has 0 saturated heterocycles. The summed E-state index contributed by atoms with van der Waals surface area (Å²) in [5, 5.41) is 7.69. The molecule has 138 valence electrons. The third-order valence-electron chi connectivity index (χ3n) is 4.13. The topological polar surface area (TPSA) is 67.4 Å². The van der Waals surface area contributed by atoms with Gasteiger partial charge in [0.2, 0.25) is 5.91 Å². The molecule has 0 aliphatic heterocycles. The molecule has 0 unspecified atom stereocenters. The lowest BCUT2D eigenvalue weighted by atomic mass is 10.1. The largest absolute Gasteiger partial charge is 0.445 e. The molecule has 0 radical (unpaired) electrons.